The van der Waals surface area contributed by atoms with Gasteiger partial charge in [-0.1, -0.05) is 28.1 Å². The molecule has 0 bridgehead atoms. The average Bonchev–Trinajstić information content (AvgIpc) is 2.01. The number of carbonyl (C=O) groups is 1. The minimum absolute atomic E-state index is 0.193. The van der Waals surface area contributed by atoms with E-state index in [9.17, 15) is 4.79 Å². The Morgan fingerprint density at radius 2 is 2.36 bits per heavy atom. The summed E-state index contributed by atoms with van der Waals surface area (Å²) in [4.78, 5) is 10.5. The van der Waals surface area contributed by atoms with Gasteiger partial charge >= 0.3 is 6.09 Å². The summed E-state index contributed by atoms with van der Waals surface area (Å²) in [5, 5.41) is 0. The van der Waals surface area contributed by atoms with Crippen LogP contribution in [0.1, 0.15) is 12.5 Å². The van der Waals surface area contributed by atoms with Gasteiger partial charge in [-0.25, -0.2) is 4.79 Å². The number of primary amides is 1. The zero-order chi connectivity index (χ0) is 10.6. The largest absolute Gasteiger partial charge is 0.446 e. The van der Waals surface area contributed by atoms with Crippen LogP contribution in [-0.4, -0.2) is 12.2 Å². The highest BCUT2D eigenvalue weighted by atomic mass is 79.9. The molecule has 0 heterocycles. The number of ether oxygens (including phenoxy) is 1. The van der Waals surface area contributed by atoms with E-state index in [0.717, 1.165) is 10.0 Å². The Morgan fingerprint density at radius 3 is 2.93 bits per heavy atom. The van der Waals surface area contributed by atoms with Crippen molar-refractivity contribution in [3.8, 4) is 0 Å². The first-order chi connectivity index (χ1) is 6.58. The molecule has 0 fully saturated rings. The summed E-state index contributed by atoms with van der Waals surface area (Å²) in [6, 6.07) is 7.85. The van der Waals surface area contributed by atoms with Crippen molar-refractivity contribution >= 4 is 22.0 Å². The molecule has 76 valence electrons. The highest BCUT2D eigenvalue weighted by molar-refractivity contribution is 9.10. The molecule has 0 aromatic heterocycles. The molecule has 14 heavy (non-hydrogen) atoms. The fourth-order valence-electron chi connectivity index (χ4n) is 1.24. The van der Waals surface area contributed by atoms with Gasteiger partial charge < -0.3 is 10.5 Å². The van der Waals surface area contributed by atoms with Gasteiger partial charge in [0.2, 0.25) is 0 Å². The Bertz CT molecular complexity index is 328. The highest BCUT2D eigenvalue weighted by Gasteiger charge is 2.06. The van der Waals surface area contributed by atoms with Crippen LogP contribution < -0.4 is 5.73 Å². The van der Waals surface area contributed by atoms with Gasteiger partial charge in [0.25, 0.3) is 0 Å². The summed E-state index contributed by atoms with van der Waals surface area (Å²) >= 11 is 3.37. The molecule has 4 heteroatoms. The third-order valence-corrected chi connectivity index (χ3v) is 2.22. The normalized spacial score (nSPS) is 12.1. The molecule has 2 N–H and O–H groups in total. The second-order valence-electron chi connectivity index (χ2n) is 3.08. The molecule has 0 saturated heterocycles. The van der Waals surface area contributed by atoms with Crippen LogP contribution in [0.25, 0.3) is 0 Å². The molecule has 1 rings (SSSR count). The van der Waals surface area contributed by atoms with Crippen molar-refractivity contribution in [2.75, 3.05) is 0 Å². The summed E-state index contributed by atoms with van der Waals surface area (Å²) in [5.74, 6) is 0. The lowest BCUT2D eigenvalue weighted by molar-refractivity contribution is 0.116. The third-order valence-electron chi connectivity index (χ3n) is 1.73. The predicted octanol–water partition coefficient (Wildman–Crippen LogP) is 2.48. The molecule has 0 radical (unpaired) electrons. The standard InChI is InChI=1S/C10H12BrNO2/c1-7(14-10(12)13)5-8-3-2-4-9(11)6-8/h2-4,6-7H,5H2,1H3,(H2,12,13). The summed E-state index contributed by atoms with van der Waals surface area (Å²) in [7, 11) is 0. The fourth-order valence-corrected chi connectivity index (χ4v) is 1.68. The Balaban J connectivity index is 2.55. The van der Waals surface area contributed by atoms with Crippen LogP contribution >= 0.6 is 15.9 Å². The lowest BCUT2D eigenvalue weighted by atomic mass is 10.1. The first-order valence-electron chi connectivity index (χ1n) is 4.28. The maximum absolute atomic E-state index is 10.5. The summed E-state index contributed by atoms with van der Waals surface area (Å²) in [6.07, 6.45) is -0.253. The maximum Gasteiger partial charge on any atom is 0.404 e. The van der Waals surface area contributed by atoms with Gasteiger partial charge in [0.15, 0.2) is 0 Å². The van der Waals surface area contributed by atoms with E-state index >= 15 is 0 Å². The number of hydrogen-bond acceptors (Lipinski definition) is 2. The van der Waals surface area contributed by atoms with Crippen molar-refractivity contribution < 1.29 is 9.53 Å². The van der Waals surface area contributed by atoms with Crippen molar-refractivity contribution in [2.24, 2.45) is 5.73 Å². The van der Waals surface area contributed by atoms with Crippen LogP contribution in [0.3, 0.4) is 0 Å². The number of nitrogens with two attached hydrogens (primary N) is 1. The molecule has 1 aromatic rings. The van der Waals surface area contributed by atoms with Crippen molar-refractivity contribution in [3.05, 3.63) is 34.3 Å². The lowest BCUT2D eigenvalue weighted by Gasteiger charge is -2.11. The smallest absolute Gasteiger partial charge is 0.404 e. The number of carbonyl (C=O) groups excluding carboxylic acids is 1. The lowest BCUT2D eigenvalue weighted by Crippen LogP contribution is -2.21. The second-order valence-corrected chi connectivity index (χ2v) is 4.00. The zero-order valence-electron chi connectivity index (χ0n) is 7.87. The summed E-state index contributed by atoms with van der Waals surface area (Å²) in [6.45, 7) is 1.81. The molecule has 1 atom stereocenters. The monoisotopic (exact) mass is 257 g/mol. The Kier molecular flexibility index (Phi) is 3.95. The Hall–Kier alpha value is -1.03. The number of halogens is 1. The number of amides is 1. The third kappa shape index (κ3) is 3.79. The van der Waals surface area contributed by atoms with Gasteiger partial charge in [-0.3, -0.25) is 0 Å². The minimum Gasteiger partial charge on any atom is -0.446 e. The molecule has 1 unspecified atom stereocenters. The van der Waals surface area contributed by atoms with E-state index in [4.69, 9.17) is 10.5 Å². The molecular weight excluding hydrogens is 246 g/mol. The van der Waals surface area contributed by atoms with Gasteiger partial charge in [0.05, 0.1) is 0 Å². The van der Waals surface area contributed by atoms with E-state index in [2.05, 4.69) is 15.9 Å². The van der Waals surface area contributed by atoms with Gasteiger partial charge in [-0.05, 0) is 24.6 Å². The SMILES string of the molecule is CC(Cc1cccc(Br)c1)OC(N)=O. The molecule has 0 aliphatic rings. The molecular formula is C10H12BrNO2. The molecule has 0 spiro atoms. The van der Waals surface area contributed by atoms with Gasteiger partial charge in [0, 0.05) is 10.9 Å². The molecule has 1 amide bonds. The van der Waals surface area contributed by atoms with Crippen LogP contribution in [0.15, 0.2) is 28.7 Å². The van der Waals surface area contributed by atoms with E-state index in [1.54, 1.807) is 0 Å². The van der Waals surface area contributed by atoms with E-state index in [-0.39, 0.29) is 6.10 Å². The minimum atomic E-state index is -0.729. The van der Waals surface area contributed by atoms with E-state index in [1.165, 1.54) is 0 Å². The predicted molar refractivity (Wildman–Crippen MR) is 58.0 cm³/mol. The molecule has 0 aliphatic heterocycles. The van der Waals surface area contributed by atoms with Crippen LogP contribution in [-0.2, 0) is 11.2 Å². The van der Waals surface area contributed by atoms with Crippen LogP contribution in [0.4, 0.5) is 4.79 Å². The number of benzene rings is 1. The number of hydrogen-bond donors (Lipinski definition) is 1. The zero-order valence-corrected chi connectivity index (χ0v) is 9.45. The molecule has 0 aliphatic carbocycles. The van der Waals surface area contributed by atoms with E-state index in [0.29, 0.717) is 6.42 Å². The van der Waals surface area contributed by atoms with Crippen LogP contribution in [0, 0.1) is 0 Å². The van der Waals surface area contributed by atoms with Crippen LogP contribution in [0.5, 0.6) is 0 Å². The summed E-state index contributed by atoms with van der Waals surface area (Å²) in [5.41, 5.74) is 6.01. The molecule has 1 aromatic carbocycles. The van der Waals surface area contributed by atoms with Crippen molar-refractivity contribution in [3.63, 3.8) is 0 Å². The number of rotatable bonds is 3. The summed E-state index contributed by atoms with van der Waals surface area (Å²) < 4.78 is 5.83. The van der Waals surface area contributed by atoms with Crippen molar-refractivity contribution in [2.45, 2.75) is 19.4 Å². The van der Waals surface area contributed by atoms with E-state index in [1.807, 2.05) is 31.2 Å². The van der Waals surface area contributed by atoms with E-state index < -0.39 is 6.09 Å². The van der Waals surface area contributed by atoms with Gasteiger partial charge in [-0.2, -0.15) is 0 Å². The van der Waals surface area contributed by atoms with Crippen LogP contribution in [0.2, 0.25) is 0 Å². The maximum atomic E-state index is 10.5. The van der Waals surface area contributed by atoms with Crippen molar-refractivity contribution in [1.82, 2.24) is 0 Å². The van der Waals surface area contributed by atoms with Crippen molar-refractivity contribution in [1.29, 1.82) is 0 Å². The second kappa shape index (κ2) is 5.00. The first-order valence-corrected chi connectivity index (χ1v) is 5.08. The topological polar surface area (TPSA) is 52.3 Å². The molecule has 3 nitrogen and oxygen atoms in total. The van der Waals surface area contributed by atoms with Gasteiger partial charge in [-0.15, -0.1) is 0 Å². The fraction of sp³-hybridized carbons (Fsp3) is 0.300. The first kappa shape index (κ1) is 11.0. The molecule has 0 saturated carbocycles. The van der Waals surface area contributed by atoms with Gasteiger partial charge in [0.1, 0.15) is 6.10 Å². The Labute approximate surface area is 91.4 Å². The average molecular weight is 258 g/mol. The Morgan fingerprint density at radius 1 is 1.64 bits per heavy atom. The highest BCUT2D eigenvalue weighted by Crippen LogP contribution is 2.13. The quantitative estimate of drug-likeness (QED) is 0.905.